The van der Waals surface area contributed by atoms with Crippen molar-refractivity contribution < 1.29 is 0 Å². The number of pyridine rings is 1. The minimum atomic E-state index is -0.182. The Hall–Kier alpha value is -5.72. The number of aromatic nitrogens is 2. The molecule has 0 aliphatic carbocycles. The largest absolute Gasteiger partial charge is 0.387 e. The predicted octanol–water partition coefficient (Wildman–Crippen LogP) is 8.86. The zero-order valence-corrected chi connectivity index (χ0v) is 25.7. The zero-order valence-electron chi connectivity index (χ0n) is 24.9. The van der Waals surface area contributed by atoms with Gasteiger partial charge >= 0.3 is 0 Å². The Morgan fingerprint density at radius 2 is 1.52 bits per heavy atom. The lowest BCUT2D eigenvalue weighted by Gasteiger charge is -2.26. The summed E-state index contributed by atoms with van der Waals surface area (Å²) in [5.74, 6) is 0. The van der Waals surface area contributed by atoms with E-state index in [0.29, 0.717) is 0 Å². The summed E-state index contributed by atoms with van der Waals surface area (Å²) in [7, 11) is 0. The molecule has 4 aromatic carbocycles. The molecule has 3 aromatic heterocycles. The lowest BCUT2D eigenvalue weighted by molar-refractivity contribution is 0.710. The molecule has 2 aliphatic rings. The number of fused-ring (bicyclic) bond motifs is 5. The van der Waals surface area contributed by atoms with E-state index in [0.717, 1.165) is 51.5 Å². The third-order valence-corrected chi connectivity index (χ3v) is 9.84. The molecular formula is C40H29N5S. The molecule has 0 amide bonds. The van der Waals surface area contributed by atoms with Gasteiger partial charge in [-0.2, -0.15) is 0 Å². The second kappa shape index (κ2) is 11.0. The molecule has 2 aliphatic heterocycles. The molecule has 6 heteroatoms. The van der Waals surface area contributed by atoms with E-state index >= 15 is 0 Å². The van der Waals surface area contributed by atoms with Gasteiger partial charge in [-0.05, 0) is 99.4 Å². The van der Waals surface area contributed by atoms with Crippen molar-refractivity contribution in [1.29, 1.82) is 0 Å². The summed E-state index contributed by atoms with van der Waals surface area (Å²) in [5, 5.41) is 13.0. The molecule has 0 fully saturated rings. The molecule has 0 spiro atoms. The van der Waals surface area contributed by atoms with Gasteiger partial charge in [-0.3, -0.25) is 9.98 Å². The van der Waals surface area contributed by atoms with Crippen LogP contribution in [0.25, 0.3) is 54.4 Å². The molecule has 0 saturated carbocycles. The second-order valence-corrected chi connectivity index (χ2v) is 12.5. The maximum atomic E-state index is 5.21. The number of allylic oxidation sites excluding steroid dienone is 1. The van der Waals surface area contributed by atoms with Crippen molar-refractivity contribution in [2.75, 3.05) is 6.54 Å². The van der Waals surface area contributed by atoms with Crippen LogP contribution in [0.1, 0.15) is 11.1 Å². The van der Waals surface area contributed by atoms with Crippen LogP contribution in [-0.4, -0.2) is 28.0 Å². The van der Waals surface area contributed by atoms with Crippen molar-refractivity contribution in [3.63, 3.8) is 0 Å². The summed E-state index contributed by atoms with van der Waals surface area (Å²) in [6.07, 6.45) is 12.0. The Morgan fingerprint density at radius 3 is 2.35 bits per heavy atom. The summed E-state index contributed by atoms with van der Waals surface area (Å²) in [5.41, 5.74) is 11.3. The van der Waals surface area contributed by atoms with Crippen molar-refractivity contribution in [3.8, 4) is 16.8 Å². The Morgan fingerprint density at radius 1 is 0.739 bits per heavy atom. The van der Waals surface area contributed by atoms with Gasteiger partial charge in [0.1, 0.15) is 6.17 Å². The van der Waals surface area contributed by atoms with Gasteiger partial charge in [-0.1, -0.05) is 66.7 Å². The summed E-state index contributed by atoms with van der Waals surface area (Å²) in [6, 6.07) is 37.0. The molecular weight excluding hydrogens is 583 g/mol. The van der Waals surface area contributed by atoms with Crippen LogP contribution in [0.3, 0.4) is 0 Å². The summed E-state index contributed by atoms with van der Waals surface area (Å²) in [4.78, 5) is 9.37. The number of hydrogen-bond donors (Lipinski definition) is 2. The number of benzene rings is 4. The minimum Gasteiger partial charge on any atom is -0.387 e. The summed E-state index contributed by atoms with van der Waals surface area (Å²) in [6.45, 7) is 0.791. The Bertz CT molecular complexity index is 2370. The monoisotopic (exact) mass is 611 g/mol. The van der Waals surface area contributed by atoms with Crippen molar-refractivity contribution in [3.05, 3.63) is 162 Å². The number of dihydropyridines is 1. The molecule has 220 valence electrons. The van der Waals surface area contributed by atoms with Gasteiger partial charge in [-0.25, -0.2) is 0 Å². The van der Waals surface area contributed by atoms with E-state index in [1.54, 1.807) is 0 Å². The fourth-order valence-electron chi connectivity index (χ4n) is 6.61. The molecule has 1 unspecified atom stereocenters. The molecule has 7 aromatic rings. The highest BCUT2D eigenvalue weighted by atomic mass is 32.1. The first-order chi connectivity index (χ1) is 22.8. The van der Waals surface area contributed by atoms with E-state index < -0.39 is 0 Å². The van der Waals surface area contributed by atoms with Gasteiger partial charge in [0.15, 0.2) is 0 Å². The topological polar surface area (TPSA) is 54.2 Å². The normalized spacial score (nSPS) is 16.2. The van der Waals surface area contributed by atoms with Crippen LogP contribution in [0.2, 0.25) is 0 Å². The van der Waals surface area contributed by atoms with E-state index in [1.807, 2.05) is 42.1 Å². The zero-order chi connectivity index (χ0) is 30.5. The van der Waals surface area contributed by atoms with E-state index in [1.165, 1.54) is 31.9 Å². The standard InChI is InChI=1S/C40H29N5S/c1-2-4-36-33(3-1)38-37(14-11-30-19-24-46-39(30)38)45(36)32-12-9-29(10-13-32)35-25-34(43-40(44-35)31-17-22-42-23-18-31)28-7-5-26(6-8-28)27-15-20-41-21-16-27/h1-22,24-25,40,42-43H,23H2. The van der Waals surface area contributed by atoms with Crippen LogP contribution >= 0.6 is 11.3 Å². The number of rotatable bonds is 5. The van der Waals surface area contributed by atoms with Gasteiger partial charge in [0.05, 0.1) is 16.7 Å². The number of nitrogens with zero attached hydrogens (tertiary/aromatic N) is 3. The SMILES string of the molecule is C1=CC(C2N=C(c3ccc(-n4c5ccccc5c5c6sccc6ccc54)cc3)C=C(c3ccc(-c4ccncc4)cc3)N2)=CCN1. The first-order valence-corrected chi connectivity index (χ1v) is 16.4. The van der Waals surface area contributed by atoms with Crippen LogP contribution in [0.15, 0.2) is 156 Å². The highest BCUT2D eigenvalue weighted by Crippen LogP contribution is 2.39. The lowest BCUT2D eigenvalue weighted by Crippen LogP contribution is -2.33. The molecule has 2 N–H and O–H groups in total. The van der Waals surface area contributed by atoms with Crippen LogP contribution in [-0.2, 0) is 0 Å². The summed E-state index contributed by atoms with van der Waals surface area (Å²) >= 11 is 1.81. The van der Waals surface area contributed by atoms with Gasteiger partial charge in [-0.15, -0.1) is 11.3 Å². The number of para-hydroxylation sites is 1. The first-order valence-electron chi connectivity index (χ1n) is 15.5. The molecule has 0 radical (unpaired) electrons. The predicted molar refractivity (Wildman–Crippen MR) is 193 cm³/mol. The van der Waals surface area contributed by atoms with Crippen LogP contribution in [0.5, 0.6) is 0 Å². The van der Waals surface area contributed by atoms with Crippen LogP contribution in [0, 0.1) is 0 Å². The maximum absolute atomic E-state index is 5.21. The Kier molecular flexibility index (Phi) is 6.39. The van der Waals surface area contributed by atoms with Gasteiger partial charge < -0.3 is 15.2 Å². The molecule has 5 nitrogen and oxygen atoms in total. The quantitative estimate of drug-likeness (QED) is 0.204. The number of thiophene rings is 1. The molecule has 0 saturated heterocycles. The third kappa shape index (κ3) is 4.54. The molecule has 5 heterocycles. The first kappa shape index (κ1) is 26.7. The highest BCUT2D eigenvalue weighted by molar-refractivity contribution is 7.18. The number of nitrogens with one attached hydrogen (secondary N) is 2. The molecule has 9 rings (SSSR count). The Balaban J connectivity index is 1.12. The van der Waals surface area contributed by atoms with Gasteiger partial charge in [0.25, 0.3) is 0 Å². The van der Waals surface area contributed by atoms with Crippen molar-refractivity contribution in [2.45, 2.75) is 6.17 Å². The average molecular weight is 612 g/mol. The third-order valence-electron chi connectivity index (χ3n) is 8.89. The van der Waals surface area contributed by atoms with Crippen molar-refractivity contribution in [1.82, 2.24) is 20.2 Å². The van der Waals surface area contributed by atoms with E-state index in [2.05, 4.69) is 135 Å². The lowest BCUT2D eigenvalue weighted by atomic mass is 9.99. The van der Waals surface area contributed by atoms with Crippen molar-refractivity contribution >= 4 is 54.6 Å². The van der Waals surface area contributed by atoms with Gasteiger partial charge in [0.2, 0.25) is 0 Å². The van der Waals surface area contributed by atoms with E-state index in [-0.39, 0.29) is 6.17 Å². The van der Waals surface area contributed by atoms with Crippen molar-refractivity contribution in [2.24, 2.45) is 4.99 Å². The van der Waals surface area contributed by atoms with Gasteiger partial charge in [0, 0.05) is 45.8 Å². The Labute approximate surface area is 270 Å². The molecule has 0 bridgehead atoms. The number of hydrogen-bond acceptors (Lipinski definition) is 5. The van der Waals surface area contributed by atoms with Crippen LogP contribution < -0.4 is 10.6 Å². The van der Waals surface area contributed by atoms with E-state index in [9.17, 15) is 0 Å². The number of aliphatic imine (C=N–C) groups is 1. The minimum absolute atomic E-state index is 0.182. The van der Waals surface area contributed by atoms with E-state index in [4.69, 9.17) is 4.99 Å². The molecule has 1 atom stereocenters. The smallest absolute Gasteiger partial charge is 0.145 e. The average Bonchev–Trinajstić information content (AvgIpc) is 3.75. The highest BCUT2D eigenvalue weighted by Gasteiger charge is 2.21. The fraction of sp³-hybridized carbons (Fsp3) is 0.0500. The summed E-state index contributed by atoms with van der Waals surface area (Å²) < 4.78 is 3.73. The molecule has 46 heavy (non-hydrogen) atoms. The second-order valence-electron chi connectivity index (χ2n) is 11.6. The fourth-order valence-corrected chi connectivity index (χ4v) is 7.57. The maximum Gasteiger partial charge on any atom is 0.145 e. The van der Waals surface area contributed by atoms with Crippen LogP contribution in [0.4, 0.5) is 0 Å².